The molecule has 1 aliphatic rings. The number of nitrogens with zero attached hydrogens (tertiary/aromatic N) is 3. The molecule has 0 bridgehead atoms. The van der Waals surface area contributed by atoms with Gasteiger partial charge in [-0.1, -0.05) is 12.1 Å². The van der Waals surface area contributed by atoms with E-state index in [4.69, 9.17) is 4.74 Å². The Balaban J connectivity index is 1.60. The topological polar surface area (TPSA) is 57.0 Å². The van der Waals surface area contributed by atoms with Gasteiger partial charge in [-0.25, -0.2) is 9.67 Å². The van der Waals surface area contributed by atoms with E-state index in [-0.39, 0.29) is 5.78 Å². The number of hydrogen-bond donors (Lipinski definition) is 0. The minimum atomic E-state index is 0.101. The summed E-state index contributed by atoms with van der Waals surface area (Å²) in [7, 11) is 1.64. The number of methoxy groups -OCH3 is 1. The number of aromatic nitrogens is 3. The number of rotatable bonds is 3. The van der Waals surface area contributed by atoms with Crippen LogP contribution in [-0.4, -0.2) is 27.7 Å². The predicted molar refractivity (Wildman–Crippen MR) is 95.0 cm³/mol. The Bertz CT molecular complexity index is 942. The second kappa shape index (κ2) is 6.36. The molecule has 124 valence electrons. The van der Waals surface area contributed by atoms with Gasteiger partial charge < -0.3 is 4.74 Å². The maximum absolute atomic E-state index is 12.7. The van der Waals surface area contributed by atoms with Gasteiger partial charge in [0.05, 0.1) is 12.8 Å². The Kier molecular flexibility index (Phi) is 3.90. The van der Waals surface area contributed by atoms with Gasteiger partial charge >= 0.3 is 0 Å². The molecule has 0 amide bonds. The van der Waals surface area contributed by atoms with Crippen LogP contribution in [0.25, 0.3) is 11.8 Å². The highest BCUT2D eigenvalue weighted by molar-refractivity contribution is 6.13. The fourth-order valence-corrected chi connectivity index (χ4v) is 3.08. The lowest BCUT2D eigenvalue weighted by molar-refractivity contribution is 0.102. The van der Waals surface area contributed by atoms with Crippen molar-refractivity contribution in [2.45, 2.75) is 12.8 Å². The first-order valence-electron chi connectivity index (χ1n) is 8.12. The number of ketones is 1. The van der Waals surface area contributed by atoms with Crippen molar-refractivity contribution in [1.82, 2.24) is 14.8 Å². The number of ether oxygens (including phenoxy) is 1. The lowest BCUT2D eigenvalue weighted by Gasteiger charge is -2.18. The summed E-state index contributed by atoms with van der Waals surface area (Å²) >= 11 is 0. The highest BCUT2D eigenvalue weighted by Crippen LogP contribution is 2.29. The SMILES string of the molecule is COc1ccc2c(c1)CC/C(=C/c1ccc(-n3cncn3)cc1)C2=O. The molecule has 0 atom stereocenters. The fraction of sp³-hybridized carbons (Fsp3) is 0.150. The Labute approximate surface area is 145 Å². The normalized spacial score (nSPS) is 15.2. The minimum Gasteiger partial charge on any atom is -0.497 e. The number of Topliss-reactive ketones (excluding diaryl/α,β-unsaturated/α-hetero) is 1. The van der Waals surface area contributed by atoms with E-state index < -0.39 is 0 Å². The maximum atomic E-state index is 12.7. The molecule has 0 N–H and O–H groups in total. The van der Waals surface area contributed by atoms with Gasteiger partial charge in [0.1, 0.15) is 18.4 Å². The van der Waals surface area contributed by atoms with Crippen molar-refractivity contribution in [3.8, 4) is 11.4 Å². The molecule has 0 unspecified atom stereocenters. The summed E-state index contributed by atoms with van der Waals surface area (Å²) in [6.07, 6.45) is 6.72. The lowest BCUT2D eigenvalue weighted by atomic mass is 9.86. The second-order valence-electron chi connectivity index (χ2n) is 5.95. The molecule has 0 saturated carbocycles. The maximum Gasteiger partial charge on any atom is 0.189 e. The summed E-state index contributed by atoms with van der Waals surface area (Å²) in [6.45, 7) is 0. The standard InChI is InChI=1S/C20H17N3O2/c1-25-18-8-9-19-15(11-18)4-5-16(20(19)24)10-14-2-6-17(7-3-14)23-13-21-12-22-23/h2-3,6-13H,4-5H2,1H3/b16-10-. The number of carbonyl (C=O) groups excluding carboxylic acids is 1. The van der Waals surface area contributed by atoms with Crippen molar-refractivity contribution < 1.29 is 9.53 Å². The van der Waals surface area contributed by atoms with Gasteiger partial charge in [-0.15, -0.1) is 0 Å². The van der Waals surface area contributed by atoms with Crippen LogP contribution in [0, 0.1) is 0 Å². The third kappa shape index (κ3) is 2.96. The molecular formula is C20H17N3O2. The third-order valence-electron chi connectivity index (χ3n) is 4.43. The average Bonchev–Trinajstić information content (AvgIpc) is 3.19. The molecular weight excluding hydrogens is 314 g/mol. The highest BCUT2D eigenvalue weighted by Gasteiger charge is 2.22. The second-order valence-corrected chi connectivity index (χ2v) is 5.95. The van der Waals surface area contributed by atoms with Gasteiger partial charge in [0, 0.05) is 11.1 Å². The van der Waals surface area contributed by atoms with E-state index in [1.165, 1.54) is 6.33 Å². The van der Waals surface area contributed by atoms with Crippen LogP contribution in [0.3, 0.4) is 0 Å². The van der Waals surface area contributed by atoms with E-state index in [1.54, 1.807) is 18.1 Å². The summed E-state index contributed by atoms with van der Waals surface area (Å²) in [5, 5.41) is 4.11. The molecule has 25 heavy (non-hydrogen) atoms. The van der Waals surface area contributed by atoms with Gasteiger partial charge in [0.25, 0.3) is 0 Å². The molecule has 0 aliphatic heterocycles. The number of benzene rings is 2. The van der Waals surface area contributed by atoms with Crippen LogP contribution >= 0.6 is 0 Å². The number of allylic oxidation sites excluding steroid dienone is 1. The molecule has 1 heterocycles. The summed E-state index contributed by atoms with van der Waals surface area (Å²) in [6, 6.07) is 13.6. The van der Waals surface area contributed by atoms with Crippen molar-refractivity contribution >= 4 is 11.9 Å². The van der Waals surface area contributed by atoms with Crippen molar-refractivity contribution in [3.05, 3.63) is 77.4 Å². The van der Waals surface area contributed by atoms with E-state index in [9.17, 15) is 4.79 Å². The van der Waals surface area contributed by atoms with Crippen LogP contribution in [0.15, 0.2) is 60.7 Å². The van der Waals surface area contributed by atoms with E-state index in [1.807, 2.05) is 48.5 Å². The van der Waals surface area contributed by atoms with Crippen LogP contribution in [0.2, 0.25) is 0 Å². The Morgan fingerprint density at radius 3 is 2.68 bits per heavy atom. The molecule has 5 heteroatoms. The molecule has 0 spiro atoms. The van der Waals surface area contributed by atoms with Crippen molar-refractivity contribution in [2.75, 3.05) is 7.11 Å². The summed E-state index contributed by atoms with van der Waals surface area (Å²) in [5.41, 5.74) is 4.61. The van der Waals surface area contributed by atoms with E-state index in [0.29, 0.717) is 0 Å². The first-order valence-corrected chi connectivity index (χ1v) is 8.12. The molecule has 3 aromatic rings. The molecule has 5 nitrogen and oxygen atoms in total. The van der Waals surface area contributed by atoms with Crippen molar-refractivity contribution in [2.24, 2.45) is 0 Å². The Morgan fingerprint density at radius 2 is 1.96 bits per heavy atom. The molecule has 1 aliphatic carbocycles. The molecule has 0 radical (unpaired) electrons. The van der Waals surface area contributed by atoms with Crippen LogP contribution in [0.5, 0.6) is 5.75 Å². The summed E-state index contributed by atoms with van der Waals surface area (Å²) in [4.78, 5) is 16.7. The summed E-state index contributed by atoms with van der Waals surface area (Å²) in [5.74, 6) is 0.895. The zero-order valence-corrected chi connectivity index (χ0v) is 13.8. The Hall–Kier alpha value is -3.21. The van der Waals surface area contributed by atoms with Gasteiger partial charge in [0.15, 0.2) is 5.78 Å². The largest absolute Gasteiger partial charge is 0.497 e. The predicted octanol–water partition coefficient (Wildman–Crippen LogP) is 3.49. The van der Waals surface area contributed by atoms with E-state index in [0.717, 1.165) is 46.5 Å². The van der Waals surface area contributed by atoms with Gasteiger partial charge in [-0.2, -0.15) is 5.10 Å². The fourth-order valence-electron chi connectivity index (χ4n) is 3.08. The zero-order chi connectivity index (χ0) is 17.2. The minimum absolute atomic E-state index is 0.101. The number of hydrogen-bond acceptors (Lipinski definition) is 4. The Morgan fingerprint density at radius 1 is 1.12 bits per heavy atom. The van der Waals surface area contributed by atoms with Crippen LogP contribution in [-0.2, 0) is 6.42 Å². The van der Waals surface area contributed by atoms with E-state index in [2.05, 4.69) is 10.1 Å². The van der Waals surface area contributed by atoms with Gasteiger partial charge in [-0.05, 0) is 60.4 Å². The van der Waals surface area contributed by atoms with Gasteiger partial charge in [0.2, 0.25) is 0 Å². The zero-order valence-electron chi connectivity index (χ0n) is 13.8. The van der Waals surface area contributed by atoms with Crippen LogP contribution in [0.1, 0.15) is 27.9 Å². The molecule has 4 rings (SSSR count). The number of fused-ring (bicyclic) bond motifs is 1. The molecule has 1 aromatic heterocycles. The first kappa shape index (κ1) is 15.3. The van der Waals surface area contributed by atoms with Gasteiger partial charge in [-0.3, -0.25) is 4.79 Å². The number of carbonyl (C=O) groups is 1. The quantitative estimate of drug-likeness (QED) is 0.689. The lowest BCUT2D eigenvalue weighted by Crippen LogP contribution is -2.14. The third-order valence-corrected chi connectivity index (χ3v) is 4.43. The number of aryl methyl sites for hydroxylation is 1. The molecule has 0 saturated heterocycles. The highest BCUT2D eigenvalue weighted by atomic mass is 16.5. The van der Waals surface area contributed by atoms with Crippen molar-refractivity contribution in [3.63, 3.8) is 0 Å². The average molecular weight is 331 g/mol. The molecule has 2 aromatic carbocycles. The summed E-state index contributed by atoms with van der Waals surface area (Å²) < 4.78 is 6.94. The monoisotopic (exact) mass is 331 g/mol. The smallest absolute Gasteiger partial charge is 0.189 e. The van der Waals surface area contributed by atoms with Crippen LogP contribution in [0.4, 0.5) is 0 Å². The van der Waals surface area contributed by atoms with Crippen molar-refractivity contribution in [1.29, 1.82) is 0 Å². The van der Waals surface area contributed by atoms with E-state index >= 15 is 0 Å². The van der Waals surface area contributed by atoms with Crippen LogP contribution < -0.4 is 4.74 Å². The molecule has 0 fully saturated rings. The first-order chi connectivity index (χ1) is 12.2.